The normalized spacial score (nSPS) is 10.1. The molecule has 0 atom stereocenters. The summed E-state index contributed by atoms with van der Waals surface area (Å²) in [6.07, 6.45) is 2.76. The SMILES string of the molecule is O=COc1ccnc(-c2cc(OC=O)cc(-c3cc(C(=O)O)ccn3)n2)c1. The molecule has 0 fully saturated rings. The number of ether oxygens (including phenoxy) is 2. The molecule has 1 N–H and O–H groups in total. The molecule has 0 saturated heterocycles. The molecular formula is C18H11N3O6. The van der Waals surface area contributed by atoms with Gasteiger partial charge in [0.25, 0.3) is 12.9 Å². The highest BCUT2D eigenvalue weighted by molar-refractivity contribution is 5.88. The number of nitrogens with zero attached hydrogens (tertiary/aromatic N) is 3. The summed E-state index contributed by atoms with van der Waals surface area (Å²) >= 11 is 0. The molecule has 134 valence electrons. The Morgan fingerprint density at radius 2 is 1.37 bits per heavy atom. The summed E-state index contributed by atoms with van der Waals surface area (Å²) in [6.45, 7) is 0.536. The standard InChI is InChI=1S/C18H11N3O6/c22-9-26-12-2-4-20-15(6-12)17-8-13(27-10-23)7-16(21-17)14-5-11(18(24)25)1-3-19-14/h1-10H,(H,24,25). The van der Waals surface area contributed by atoms with Gasteiger partial charge in [-0.3, -0.25) is 19.6 Å². The van der Waals surface area contributed by atoms with Crippen molar-refractivity contribution in [2.75, 3.05) is 0 Å². The van der Waals surface area contributed by atoms with Gasteiger partial charge in [0.15, 0.2) is 0 Å². The second-order valence-corrected chi connectivity index (χ2v) is 5.11. The van der Waals surface area contributed by atoms with E-state index in [2.05, 4.69) is 15.0 Å². The van der Waals surface area contributed by atoms with Crippen molar-refractivity contribution in [3.63, 3.8) is 0 Å². The van der Waals surface area contributed by atoms with Crippen molar-refractivity contribution in [2.24, 2.45) is 0 Å². The van der Waals surface area contributed by atoms with Crippen molar-refractivity contribution in [3.05, 3.63) is 54.4 Å². The van der Waals surface area contributed by atoms with Crippen LogP contribution in [0.3, 0.4) is 0 Å². The van der Waals surface area contributed by atoms with E-state index in [-0.39, 0.29) is 41.4 Å². The molecule has 0 unspecified atom stereocenters. The van der Waals surface area contributed by atoms with Crippen LogP contribution >= 0.6 is 0 Å². The molecular weight excluding hydrogens is 354 g/mol. The highest BCUT2D eigenvalue weighted by Crippen LogP contribution is 2.28. The average molecular weight is 365 g/mol. The summed E-state index contributed by atoms with van der Waals surface area (Å²) in [4.78, 5) is 45.1. The van der Waals surface area contributed by atoms with E-state index < -0.39 is 5.97 Å². The van der Waals surface area contributed by atoms with Crippen LogP contribution < -0.4 is 9.47 Å². The van der Waals surface area contributed by atoms with Gasteiger partial charge in [-0.25, -0.2) is 9.78 Å². The van der Waals surface area contributed by atoms with Gasteiger partial charge in [-0.1, -0.05) is 0 Å². The highest BCUT2D eigenvalue weighted by atomic mass is 16.5. The maximum atomic E-state index is 11.2. The lowest BCUT2D eigenvalue weighted by Crippen LogP contribution is -2.00. The number of aromatic nitrogens is 3. The minimum Gasteiger partial charge on any atom is -0.478 e. The first kappa shape index (κ1) is 17.7. The number of aromatic carboxylic acids is 1. The minimum atomic E-state index is -1.11. The van der Waals surface area contributed by atoms with Crippen molar-refractivity contribution in [1.82, 2.24) is 15.0 Å². The van der Waals surface area contributed by atoms with Gasteiger partial charge in [0.2, 0.25) is 0 Å². The maximum Gasteiger partial charge on any atom is 0.335 e. The molecule has 3 aromatic heterocycles. The first-order chi connectivity index (χ1) is 13.1. The van der Waals surface area contributed by atoms with Crippen LogP contribution in [-0.4, -0.2) is 39.0 Å². The van der Waals surface area contributed by atoms with Crippen LogP contribution in [0, 0.1) is 0 Å². The lowest BCUT2D eigenvalue weighted by atomic mass is 10.1. The number of hydrogen-bond acceptors (Lipinski definition) is 8. The molecule has 0 aliphatic carbocycles. The lowest BCUT2D eigenvalue weighted by molar-refractivity contribution is -0.121. The molecule has 0 aromatic carbocycles. The zero-order valence-electron chi connectivity index (χ0n) is 13.6. The predicted octanol–water partition coefficient (Wildman–Crippen LogP) is 1.97. The smallest absolute Gasteiger partial charge is 0.335 e. The number of carbonyl (C=O) groups is 3. The van der Waals surface area contributed by atoms with Crippen LogP contribution in [0.15, 0.2) is 48.8 Å². The van der Waals surface area contributed by atoms with Crippen LogP contribution in [0.25, 0.3) is 22.8 Å². The zero-order chi connectivity index (χ0) is 19.2. The number of pyridine rings is 3. The van der Waals surface area contributed by atoms with E-state index in [0.717, 1.165) is 0 Å². The van der Waals surface area contributed by atoms with Crippen molar-refractivity contribution in [1.29, 1.82) is 0 Å². The summed E-state index contributed by atoms with van der Waals surface area (Å²) in [6, 6.07) is 8.57. The second kappa shape index (κ2) is 7.83. The molecule has 3 rings (SSSR count). The third-order valence-electron chi connectivity index (χ3n) is 3.43. The second-order valence-electron chi connectivity index (χ2n) is 5.11. The van der Waals surface area contributed by atoms with Crippen LogP contribution in [0.1, 0.15) is 10.4 Å². The number of carboxylic acids is 1. The summed E-state index contributed by atoms with van der Waals surface area (Å²) < 4.78 is 9.70. The predicted molar refractivity (Wildman–Crippen MR) is 91.0 cm³/mol. The van der Waals surface area contributed by atoms with E-state index in [1.54, 1.807) is 0 Å². The highest BCUT2D eigenvalue weighted by Gasteiger charge is 2.13. The molecule has 0 radical (unpaired) electrons. The fourth-order valence-corrected chi connectivity index (χ4v) is 2.28. The Hall–Kier alpha value is -4.14. The van der Waals surface area contributed by atoms with E-state index in [0.29, 0.717) is 11.4 Å². The first-order valence-corrected chi connectivity index (χ1v) is 7.49. The fourth-order valence-electron chi connectivity index (χ4n) is 2.28. The lowest BCUT2D eigenvalue weighted by Gasteiger charge is -2.08. The van der Waals surface area contributed by atoms with E-state index in [4.69, 9.17) is 14.6 Å². The number of carbonyl (C=O) groups excluding carboxylic acids is 2. The Labute approximate surface area is 152 Å². The Balaban J connectivity index is 2.12. The fraction of sp³-hybridized carbons (Fsp3) is 0. The maximum absolute atomic E-state index is 11.2. The van der Waals surface area contributed by atoms with Crippen molar-refractivity contribution >= 4 is 18.9 Å². The Bertz CT molecular complexity index is 1020. The minimum absolute atomic E-state index is 0.0320. The van der Waals surface area contributed by atoms with Gasteiger partial charge in [-0.15, -0.1) is 0 Å². The van der Waals surface area contributed by atoms with E-state index in [1.165, 1.54) is 48.8 Å². The van der Waals surface area contributed by atoms with E-state index in [9.17, 15) is 14.4 Å². The largest absolute Gasteiger partial charge is 0.478 e. The average Bonchev–Trinajstić information content (AvgIpc) is 2.68. The van der Waals surface area contributed by atoms with Crippen LogP contribution in [0.5, 0.6) is 11.5 Å². The van der Waals surface area contributed by atoms with Gasteiger partial charge in [-0.2, -0.15) is 0 Å². The van der Waals surface area contributed by atoms with Gasteiger partial charge < -0.3 is 14.6 Å². The van der Waals surface area contributed by atoms with Crippen LogP contribution in [0.2, 0.25) is 0 Å². The van der Waals surface area contributed by atoms with Gasteiger partial charge in [0.05, 0.1) is 28.3 Å². The summed E-state index contributed by atoms with van der Waals surface area (Å²) in [5, 5.41) is 9.14. The molecule has 0 spiro atoms. The Morgan fingerprint density at radius 3 is 2.00 bits per heavy atom. The first-order valence-electron chi connectivity index (χ1n) is 7.49. The van der Waals surface area contributed by atoms with Gasteiger partial charge in [0, 0.05) is 30.6 Å². The molecule has 9 heteroatoms. The molecule has 27 heavy (non-hydrogen) atoms. The molecule has 0 saturated carbocycles. The molecule has 0 aliphatic heterocycles. The Morgan fingerprint density at radius 1 is 0.815 bits per heavy atom. The summed E-state index contributed by atoms with van der Waals surface area (Å²) in [5.74, 6) is -0.693. The van der Waals surface area contributed by atoms with Gasteiger partial charge in [0.1, 0.15) is 11.5 Å². The molecule has 9 nitrogen and oxygen atoms in total. The van der Waals surface area contributed by atoms with Crippen LogP contribution in [-0.2, 0) is 9.59 Å². The summed E-state index contributed by atoms with van der Waals surface area (Å²) in [7, 11) is 0. The number of carboxylic acid groups (broad SMARTS) is 1. The molecule has 0 amide bonds. The molecule has 3 heterocycles. The number of hydrogen-bond donors (Lipinski definition) is 1. The number of rotatable bonds is 7. The van der Waals surface area contributed by atoms with E-state index in [1.807, 2.05) is 0 Å². The monoisotopic (exact) mass is 365 g/mol. The Kier molecular flexibility index (Phi) is 5.12. The van der Waals surface area contributed by atoms with Crippen LogP contribution in [0.4, 0.5) is 0 Å². The van der Waals surface area contributed by atoms with Crippen molar-refractivity contribution in [3.8, 4) is 34.3 Å². The van der Waals surface area contributed by atoms with E-state index >= 15 is 0 Å². The van der Waals surface area contributed by atoms with Gasteiger partial charge >= 0.3 is 5.97 Å². The molecule has 0 bridgehead atoms. The van der Waals surface area contributed by atoms with Gasteiger partial charge in [-0.05, 0) is 18.2 Å². The topological polar surface area (TPSA) is 129 Å². The van der Waals surface area contributed by atoms with Crippen molar-refractivity contribution < 1.29 is 29.0 Å². The van der Waals surface area contributed by atoms with Crippen molar-refractivity contribution in [2.45, 2.75) is 0 Å². The quantitative estimate of drug-likeness (QED) is 0.625. The zero-order valence-corrected chi connectivity index (χ0v) is 13.6. The summed E-state index contributed by atoms with van der Waals surface area (Å²) in [5.41, 5.74) is 1.23. The third kappa shape index (κ3) is 4.10. The third-order valence-corrected chi connectivity index (χ3v) is 3.43. The molecule has 3 aromatic rings. The molecule has 0 aliphatic rings.